The van der Waals surface area contributed by atoms with Gasteiger partial charge in [-0.3, -0.25) is 0 Å². The van der Waals surface area contributed by atoms with Crippen molar-refractivity contribution in [3.63, 3.8) is 0 Å². The summed E-state index contributed by atoms with van der Waals surface area (Å²) in [4.78, 5) is 0.185. The van der Waals surface area contributed by atoms with E-state index in [0.717, 1.165) is 0 Å². The summed E-state index contributed by atoms with van der Waals surface area (Å²) >= 11 is -0.118. The zero-order valence-corrected chi connectivity index (χ0v) is 7.45. The van der Waals surface area contributed by atoms with Crippen molar-refractivity contribution in [1.82, 2.24) is 0 Å². The first kappa shape index (κ1) is 10.2. The summed E-state index contributed by atoms with van der Waals surface area (Å²) in [5.41, 5.74) is -3.53. The van der Waals surface area contributed by atoms with Crippen LogP contribution >= 0.6 is 11.8 Å². The average Bonchev–Trinajstić information content (AvgIpc) is 2.01. The smallest absolute Gasteiger partial charge is 0.160 e. The number of halogens is 3. The SMILES string of the molecule is C=Cc1cccc(SC(F)(F)F)c1. The Hall–Kier alpha value is -0.900. The van der Waals surface area contributed by atoms with Crippen molar-refractivity contribution < 1.29 is 13.2 Å². The monoisotopic (exact) mass is 204 g/mol. The predicted octanol–water partition coefficient (Wildman–Crippen LogP) is 3.94. The van der Waals surface area contributed by atoms with Crippen molar-refractivity contribution in [3.05, 3.63) is 36.4 Å². The maximum absolute atomic E-state index is 11.9. The van der Waals surface area contributed by atoms with Crippen LogP contribution in [0.25, 0.3) is 6.08 Å². The molecule has 0 aliphatic carbocycles. The highest BCUT2D eigenvalue weighted by atomic mass is 32.2. The molecule has 0 aliphatic heterocycles. The number of alkyl halides is 3. The molecule has 0 heterocycles. The van der Waals surface area contributed by atoms with Crippen molar-refractivity contribution in [2.75, 3.05) is 0 Å². The van der Waals surface area contributed by atoms with E-state index in [1.807, 2.05) is 0 Å². The molecule has 1 aromatic carbocycles. The largest absolute Gasteiger partial charge is 0.446 e. The minimum Gasteiger partial charge on any atom is -0.160 e. The molecule has 0 radical (unpaired) electrons. The standard InChI is InChI=1S/C9H7F3S/c1-2-7-4-3-5-8(6-7)13-9(10,11)12/h2-6H,1H2. The van der Waals surface area contributed by atoms with E-state index in [0.29, 0.717) is 5.56 Å². The molecule has 0 nitrogen and oxygen atoms in total. The van der Waals surface area contributed by atoms with Crippen LogP contribution in [-0.2, 0) is 0 Å². The Bertz CT molecular complexity index is 304. The second-order valence-electron chi connectivity index (χ2n) is 2.32. The van der Waals surface area contributed by atoms with E-state index in [1.165, 1.54) is 18.2 Å². The van der Waals surface area contributed by atoms with Crippen LogP contribution in [0, 0.1) is 0 Å². The van der Waals surface area contributed by atoms with Crippen LogP contribution in [0.2, 0.25) is 0 Å². The molecule has 0 bridgehead atoms. The van der Waals surface area contributed by atoms with Gasteiger partial charge in [0.05, 0.1) is 0 Å². The Morgan fingerprint density at radius 2 is 2.00 bits per heavy atom. The Morgan fingerprint density at radius 1 is 1.31 bits per heavy atom. The van der Waals surface area contributed by atoms with Crippen LogP contribution < -0.4 is 0 Å². The molecule has 70 valence electrons. The van der Waals surface area contributed by atoms with Crippen LogP contribution in [0.5, 0.6) is 0 Å². The highest BCUT2D eigenvalue weighted by molar-refractivity contribution is 8.00. The number of benzene rings is 1. The molecule has 0 atom stereocenters. The van der Waals surface area contributed by atoms with Gasteiger partial charge in [0.2, 0.25) is 0 Å². The zero-order valence-electron chi connectivity index (χ0n) is 6.64. The quantitative estimate of drug-likeness (QED) is 0.657. The highest BCUT2D eigenvalue weighted by Crippen LogP contribution is 2.36. The Labute approximate surface area is 78.5 Å². The first-order chi connectivity index (χ1) is 6.01. The Morgan fingerprint density at radius 3 is 2.54 bits per heavy atom. The van der Waals surface area contributed by atoms with Gasteiger partial charge in [-0.05, 0) is 29.5 Å². The van der Waals surface area contributed by atoms with E-state index >= 15 is 0 Å². The van der Waals surface area contributed by atoms with Crippen LogP contribution in [0.3, 0.4) is 0 Å². The van der Waals surface area contributed by atoms with Gasteiger partial charge in [-0.25, -0.2) is 0 Å². The van der Waals surface area contributed by atoms with Crippen molar-refractivity contribution in [2.24, 2.45) is 0 Å². The normalized spacial score (nSPS) is 11.3. The summed E-state index contributed by atoms with van der Waals surface area (Å²) < 4.78 is 35.7. The van der Waals surface area contributed by atoms with Crippen LogP contribution in [-0.4, -0.2) is 5.51 Å². The molecule has 1 rings (SSSR count). The molecule has 0 spiro atoms. The van der Waals surface area contributed by atoms with E-state index in [1.54, 1.807) is 12.1 Å². The molecule has 0 unspecified atom stereocenters. The number of hydrogen-bond acceptors (Lipinski definition) is 1. The van der Waals surface area contributed by atoms with Crippen molar-refractivity contribution in [2.45, 2.75) is 10.4 Å². The molecule has 0 fully saturated rings. The second kappa shape index (κ2) is 3.87. The molecular formula is C9H7F3S. The maximum atomic E-state index is 11.9. The lowest BCUT2D eigenvalue weighted by molar-refractivity contribution is -0.0328. The van der Waals surface area contributed by atoms with Gasteiger partial charge in [0.15, 0.2) is 0 Å². The molecule has 0 saturated heterocycles. The van der Waals surface area contributed by atoms with Gasteiger partial charge in [0.25, 0.3) is 0 Å². The van der Waals surface area contributed by atoms with Crippen LogP contribution in [0.15, 0.2) is 35.7 Å². The van der Waals surface area contributed by atoms with Crippen LogP contribution in [0.1, 0.15) is 5.56 Å². The van der Waals surface area contributed by atoms with Crippen molar-refractivity contribution in [3.8, 4) is 0 Å². The number of thioether (sulfide) groups is 1. The molecular weight excluding hydrogens is 197 g/mol. The molecule has 0 aliphatic rings. The van der Waals surface area contributed by atoms with E-state index in [-0.39, 0.29) is 16.7 Å². The summed E-state index contributed by atoms with van der Waals surface area (Å²) in [7, 11) is 0. The predicted molar refractivity (Wildman–Crippen MR) is 48.4 cm³/mol. The fourth-order valence-corrected chi connectivity index (χ4v) is 1.45. The maximum Gasteiger partial charge on any atom is 0.446 e. The van der Waals surface area contributed by atoms with Gasteiger partial charge in [0.1, 0.15) is 0 Å². The van der Waals surface area contributed by atoms with Gasteiger partial charge >= 0.3 is 5.51 Å². The van der Waals surface area contributed by atoms with Crippen molar-refractivity contribution in [1.29, 1.82) is 0 Å². The highest BCUT2D eigenvalue weighted by Gasteiger charge is 2.28. The minimum absolute atomic E-state index is 0.118. The lowest BCUT2D eigenvalue weighted by Crippen LogP contribution is -1.98. The lowest BCUT2D eigenvalue weighted by Gasteiger charge is -2.05. The zero-order chi connectivity index (χ0) is 9.90. The van der Waals surface area contributed by atoms with Crippen molar-refractivity contribution >= 4 is 17.8 Å². The molecule has 0 N–H and O–H groups in total. The molecule has 4 heteroatoms. The third-order valence-electron chi connectivity index (χ3n) is 1.33. The Kier molecular flexibility index (Phi) is 3.03. The van der Waals surface area contributed by atoms with E-state index in [4.69, 9.17) is 0 Å². The van der Waals surface area contributed by atoms with E-state index in [9.17, 15) is 13.2 Å². The van der Waals surface area contributed by atoms with Gasteiger partial charge in [0, 0.05) is 4.90 Å². The van der Waals surface area contributed by atoms with Gasteiger partial charge < -0.3 is 0 Å². The van der Waals surface area contributed by atoms with Gasteiger partial charge in [-0.2, -0.15) is 13.2 Å². The molecule has 0 aromatic heterocycles. The third-order valence-corrected chi connectivity index (χ3v) is 2.05. The number of hydrogen-bond donors (Lipinski definition) is 0. The fraction of sp³-hybridized carbons (Fsp3) is 0.111. The molecule has 0 amide bonds. The van der Waals surface area contributed by atoms with E-state index < -0.39 is 5.51 Å². The van der Waals surface area contributed by atoms with Gasteiger partial charge in [-0.15, -0.1) is 0 Å². The summed E-state index contributed by atoms with van der Waals surface area (Å²) in [6.45, 7) is 3.48. The van der Waals surface area contributed by atoms with Crippen LogP contribution in [0.4, 0.5) is 13.2 Å². The molecule has 0 saturated carbocycles. The summed E-state index contributed by atoms with van der Waals surface area (Å²) in [5.74, 6) is 0. The lowest BCUT2D eigenvalue weighted by atomic mass is 10.2. The Balaban J connectivity index is 2.84. The van der Waals surface area contributed by atoms with Gasteiger partial charge in [-0.1, -0.05) is 24.8 Å². The second-order valence-corrected chi connectivity index (χ2v) is 3.46. The van der Waals surface area contributed by atoms with E-state index in [2.05, 4.69) is 6.58 Å². The third kappa shape index (κ3) is 3.55. The first-order valence-electron chi connectivity index (χ1n) is 3.49. The summed E-state index contributed by atoms with van der Waals surface area (Å²) in [6, 6.07) is 6.15. The first-order valence-corrected chi connectivity index (χ1v) is 4.31. The summed E-state index contributed by atoms with van der Waals surface area (Å²) in [5, 5.41) is 0. The average molecular weight is 204 g/mol. The fourth-order valence-electron chi connectivity index (χ4n) is 0.839. The minimum atomic E-state index is -4.22. The molecule has 13 heavy (non-hydrogen) atoms. The topological polar surface area (TPSA) is 0 Å². The number of rotatable bonds is 2. The summed E-state index contributed by atoms with van der Waals surface area (Å²) in [6.07, 6.45) is 1.51. The molecule has 1 aromatic rings.